The average Bonchev–Trinajstić information content (AvgIpc) is 3.26. The molecule has 0 aliphatic heterocycles. The van der Waals surface area contributed by atoms with E-state index in [4.69, 9.17) is 0 Å². The van der Waals surface area contributed by atoms with Crippen LogP contribution in [0.2, 0.25) is 0 Å². The number of hydrazone groups is 1. The summed E-state index contributed by atoms with van der Waals surface area (Å²) in [6.07, 6.45) is 21.0. The molecule has 1 N–H and O–H groups in total. The first-order valence-electron chi connectivity index (χ1n) is 15.9. The van der Waals surface area contributed by atoms with Crippen molar-refractivity contribution >= 4 is 5.71 Å². The number of hydrogen-bond donors (Lipinski definition) is 1. The SMILES string of the molecule is C#CC.C=C.CC.CC.CC[C@@]1(C)CCC2C(CCC3C2CCC2(C)C(CCNN=C(C)C)CCC32)C1. The fraction of sp³-hybridized carbons (Fsp3) is 0.857. The molecular weight excluding hydrogens is 448 g/mol. The standard InChI is InChI=1S/C26H46N2.C3H4.2C2H6.C2H4/c1-6-25(4)14-11-21-19(17-25)7-9-23-22(21)12-15-26(5)20(8-10-24(23)26)13-16-27-28-18(2)3;1-3-2;3*1-2/h19-24,27H,6-17H2,1-5H3;1H,2H3;2*1-2H3;1-2H2/t19?,20?,21?,22?,23?,24?,25-,26?;;;;/m0..../s1. The lowest BCUT2D eigenvalue weighted by Crippen LogP contribution is -2.49. The number of nitrogens with zero attached hydrogens (tertiary/aromatic N) is 1. The lowest BCUT2D eigenvalue weighted by molar-refractivity contribution is -0.0787. The van der Waals surface area contributed by atoms with E-state index in [1.54, 1.807) is 26.2 Å². The van der Waals surface area contributed by atoms with Gasteiger partial charge in [0.1, 0.15) is 0 Å². The van der Waals surface area contributed by atoms with Gasteiger partial charge in [-0.1, -0.05) is 54.9 Å². The van der Waals surface area contributed by atoms with Gasteiger partial charge < -0.3 is 5.43 Å². The number of terminal acetylenes is 1. The summed E-state index contributed by atoms with van der Waals surface area (Å²) < 4.78 is 0. The second kappa shape index (κ2) is 18.1. The molecule has 2 heteroatoms. The molecule has 216 valence electrons. The Morgan fingerprint density at radius 3 is 2.08 bits per heavy atom. The Hall–Kier alpha value is -1.23. The maximum Gasteiger partial charge on any atom is 0.0332 e. The van der Waals surface area contributed by atoms with Crippen LogP contribution >= 0.6 is 0 Å². The van der Waals surface area contributed by atoms with Crippen LogP contribution in [-0.2, 0) is 0 Å². The smallest absolute Gasteiger partial charge is 0.0332 e. The van der Waals surface area contributed by atoms with Gasteiger partial charge >= 0.3 is 0 Å². The predicted octanol–water partition coefficient (Wildman–Crippen LogP) is 10.5. The number of hydrogen-bond acceptors (Lipinski definition) is 2. The zero-order chi connectivity index (χ0) is 28.6. The van der Waals surface area contributed by atoms with E-state index in [1.807, 2.05) is 27.7 Å². The lowest BCUT2D eigenvalue weighted by atomic mass is 9.48. The molecule has 4 rings (SSSR count). The Balaban J connectivity index is 0.00000129. The van der Waals surface area contributed by atoms with E-state index < -0.39 is 0 Å². The molecule has 4 aliphatic carbocycles. The molecule has 0 radical (unpaired) electrons. The van der Waals surface area contributed by atoms with Crippen molar-refractivity contribution in [3.63, 3.8) is 0 Å². The van der Waals surface area contributed by atoms with Crippen LogP contribution in [0.5, 0.6) is 0 Å². The largest absolute Gasteiger partial charge is 0.310 e. The first-order chi connectivity index (χ1) is 17.8. The van der Waals surface area contributed by atoms with Gasteiger partial charge in [0.15, 0.2) is 0 Å². The monoisotopic (exact) mass is 515 g/mol. The number of rotatable bonds is 5. The van der Waals surface area contributed by atoms with Crippen LogP contribution in [-0.4, -0.2) is 12.3 Å². The van der Waals surface area contributed by atoms with Crippen molar-refractivity contribution < 1.29 is 0 Å². The Morgan fingerprint density at radius 2 is 1.51 bits per heavy atom. The van der Waals surface area contributed by atoms with Gasteiger partial charge in [0.25, 0.3) is 0 Å². The average molecular weight is 515 g/mol. The van der Waals surface area contributed by atoms with E-state index in [9.17, 15) is 0 Å². The minimum Gasteiger partial charge on any atom is -0.310 e. The van der Waals surface area contributed by atoms with Gasteiger partial charge in [-0.25, -0.2) is 0 Å². The molecule has 2 nitrogen and oxygen atoms in total. The number of nitrogens with one attached hydrogen (secondary N) is 1. The highest BCUT2D eigenvalue weighted by atomic mass is 15.3. The second-order valence-corrected chi connectivity index (χ2v) is 12.2. The van der Waals surface area contributed by atoms with Gasteiger partial charge in [0.05, 0.1) is 0 Å². The minimum atomic E-state index is 0.618. The Kier molecular flexibility index (Phi) is 17.5. The summed E-state index contributed by atoms with van der Waals surface area (Å²) in [5.41, 5.74) is 5.73. The summed E-state index contributed by atoms with van der Waals surface area (Å²) in [6, 6.07) is 0. The molecule has 0 spiro atoms. The van der Waals surface area contributed by atoms with Crippen LogP contribution in [0.15, 0.2) is 18.3 Å². The molecule has 0 saturated heterocycles. The van der Waals surface area contributed by atoms with Crippen LogP contribution in [0.25, 0.3) is 0 Å². The molecule has 7 unspecified atom stereocenters. The third-order valence-corrected chi connectivity index (χ3v) is 10.3. The summed E-state index contributed by atoms with van der Waals surface area (Å²) in [6.45, 7) is 28.6. The molecule has 0 heterocycles. The summed E-state index contributed by atoms with van der Waals surface area (Å²) in [7, 11) is 0. The molecule has 0 aromatic rings. The van der Waals surface area contributed by atoms with Crippen LogP contribution in [0.1, 0.15) is 140 Å². The highest BCUT2D eigenvalue weighted by molar-refractivity contribution is 5.78. The summed E-state index contributed by atoms with van der Waals surface area (Å²) >= 11 is 0. The normalized spacial score (nSPS) is 36.7. The fourth-order valence-electron chi connectivity index (χ4n) is 8.54. The van der Waals surface area contributed by atoms with E-state index >= 15 is 0 Å². The van der Waals surface area contributed by atoms with Gasteiger partial charge in [0.2, 0.25) is 0 Å². The van der Waals surface area contributed by atoms with Crippen molar-refractivity contribution in [3.05, 3.63) is 13.2 Å². The van der Waals surface area contributed by atoms with Gasteiger partial charge in [-0.2, -0.15) is 5.10 Å². The van der Waals surface area contributed by atoms with E-state index in [2.05, 4.69) is 70.6 Å². The van der Waals surface area contributed by atoms with Gasteiger partial charge in [-0.3, -0.25) is 0 Å². The molecule has 4 fully saturated rings. The van der Waals surface area contributed by atoms with E-state index in [0.717, 1.165) is 47.8 Å². The van der Waals surface area contributed by atoms with Gasteiger partial charge in [-0.05, 0) is 131 Å². The second-order valence-electron chi connectivity index (χ2n) is 12.2. The predicted molar refractivity (Wildman–Crippen MR) is 169 cm³/mol. The van der Waals surface area contributed by atoms with E-state index in [1.165, 1.54) is 51.4 Å². The summed E-state index contributed by atoms with van der Waals surface area (Å²) in [4.78, 5) is 0. The molecule has 8 atom stereocenters. The topological polar surface area (TPSA) is 24.4 Å². The molecule has 0 aromatic carbocycles. The van der Waals surface area contributed by atoms with E-state index in [0.29, 0.717) is 10.8 Å². The van der Waals surface area contributed by atoms with Crippen molar-refractivity contribution in [2.24, 2.45) is 51.4 Å². The Morgan fingerprint density at radius 1 is 0.919 bits per heavy atom. The quantitative estimate of drug-likeness (QED) is 0.127. The number of fused-ring (bicyclic) bond motifs is 5. The summed E-state index contributed by atoms with van der Waals surface area (Å²) in [5, 5.41) is 4.41. The molecule has 37 heavy (non-hydrogen) atoms. The Labute approximate surface area is 234 Å². The van der Waals surface area contributed by atoms with Crippen molar-refractivity contribution in [1.82, 2.24) is 5.43 Å². The van der Waals surface area contributed by atoms with Crippen molar-refractivity contribution in [1.29, 1.82) is 0 Å². The van der Waals surface area contributed by atoms with Crippen LogP contribution in [0.3, 0.4) is 0 Å². The summed E-state index contributed by atoms with van der Waals surface area (Å²) in [5.74, 6) is 8.45. The third-order valence-electron chi connectivity index (χ3n) is 10.3. The lowest BCUT2D eigenvalue weighted by Gasteiger charge is -2.57. The highest BCUT2D eigenvalue weighted by Crippen LogP contribution is 2.65. The van der Waals surface area contributed by atoms with Crippen molar-refractivity contribution in [3.8, 4) is 12.3 Å². The van der Waals surface area contributed by atoms with Crippen molar-refractivity contribution in [2.45, 2.75) is 140 Å². The first kappa shape index (κ1) is 35.8. The Bertz CT molecular complexity index is 671. The highest BCUT2D eigenvalue weighted by Gasteiger charge is 2.57. The zero-order valence-corrected chi connectivity index (χ0v) is 26.9. The fourth-order valence-corrected chi connectivity index (χ4v) is 8.54. The van der Waals surface area contributed by atoms with Gasteiger partial charge in [-0.15, -0.1) is 25.5 Å². The third kappa shape index (κ3) is 9.18. The van der Waals surface area contributed by atoms with Crippen LogP contribution in [0, 0.1) is 58.7 Å². The maximum absolute atomic E-state index is 4.60. The first-order valence-corrected chi connectivity index (χ1v) is 15.9. The molecular formula is C35H66N2. The van der Waals surface area contributed by atoms with Gasteiger partial charge in [0, 0.05) is 12.3 Å². The molecule has 0 amide bonds. The van der Waals surface area contributed by atoms with Crippen LogP contribution in [0.4, 0.5) is 0 Å². The van der Waals surface area contributed by atoms with Crippen molar-refractivity contribution in [2.75, 3.05) is 6.54 Å². The zero-order valence-electron chi connectivity index (χ0n) is 26.9. The minimum absolute atomic E-state index is 0.618. The molecule has 0 bridgehead atoms. The molecule has 0 aromatic heterocycles. The van der Waals surface area contributed by atoms with E-state index in [-0.39, 0.29) is 0 Å². The van der Waals surface area contributed by atoms with Crippen LogP contribution < -0.4 is 5.43 Å². The molecule has 4 saturated carbocycles. The maximum atomic E-state index is 4.60. The molecule has 4 aliphatic rings.